The second-order valence-electron chi connectivity index (χ2n) is 4.49. The van der Waals surface area contributed by atoms with Crippen LogP contribution in [0.4, 0.5) is 0 Å². The van der Waals surface area contributed by atoms with Crippen molar-refractivity contribution in [2.75, 3.05) is 0 Å². The summed E-state index contributed by atoms with van der Waals surface area (Å²) in [5, 5.41) is 4.26. The molecule has 1 fully saturated rings. The summed E-state index contributed by atoms with van der Waals surface area (Å²) in [7, 11) is 1.86. The number of hydrogen-bond donors (Lipinski definition) is 0. The summed E-state index contributed by atoms with van der Waals surface area (Å²) in [6, 6.07) is 0.0957. The number of hydrogen-bond acceptors (Lipinski definition) is 4. The van der Waals surface area contributed by atoms with Crippen LogP contribution in [-0.4, -0.2) is 30.9 Å². The van der Waals surface area contributed by atoms with Gasteiger partial charge in [-0.15, -0.1) is 0 Å². The third-order valence-corrected chi connectivity index (χ3v) is 4.01. The van der Waals surface area contributed by atoms with Crippen LogP contribution < -0.4 is 0 Å². The van der Waals surface area contributed by atoms with Crippen LogP contribution in [0.5, 0.6) is 0 Å². The minimum Gasteiger partial charge on any atom is -0.290 e. The van der Waals surface area contributed by atoms with E-state index in [1.807, 2.05) is 40.1 Å². The topological polar surface area (TPSA) is 38.1 Å². The molecule has 1 aliphatic heterocycles. The first kappa shape index (κ1) is 13.3. The maximum atomic E-state index is 12.2. The molecule has 0 spiro atoms. The normalized spacial score (nSPS) is 18.5. The summed E-state index contributed by atoms with van der Waals surface area (Å²) in [5.74, 6) is -0.0109. The largest absolute Gasteiger partial charge is 0.290 e. The Bertz CT molecular complexity index is 546. The smallest absolute Gasteiger partial charge is 0.266 e. The number of aromatic nitrogens is 2. The summed E-state index contributed by atoms with van der Waals surface area (Å²) < 4.78 is 2.37. The molecule has 0 radical (unpaired) electrons. The number of amides is 1. The first-order valence-electron chi connectivity index (χ1n) is 5.67. The quantitative estimate of drug-likeness (QED) is 0.616. The van der Waals surface area contributed by atoms with Crippen LogP contribution in [0.3, 0.4) is 0 Å². The summed E-state index contributed by atoms with van der Waals surface area (Å²) in [6.07, 6.45) is 3.77. The van der Waals surface area contributed by atoms with E-state index in [2.05, 4.69) is 5.10 Å². The van der Waals surface area contributed by atoms with E-state index < -0.39 is 0 Å². The molecule has 0 aromatic carbocycles. The predicted molar refractivity (Wildman–Crippen MR) is 78.1 cm³/mol. The number of aryl methyl sites for hydroxylation is 2. The molecule has 0 unspecified atom stereocenters. The van der Waals surface area contributed by atoms with Gasteiger partial charge in [-0.2, -0.15) is 5.10 Å². The standard InChI is InChI=1S/C12H15N3OS2/c1-7(2)15-11(16)10(18-12(15)17)5-9-6-14(4)13-8(9)3/h5-7H,1-4H3/b10-5+. The van der Waals surface area contributed by atoms with Crippen molar-refractivity contribution < 1.29 is 4.79 Å². The highest BCUT2D eigenvalue weighted by atomic mass is 32.2. The van der Waals surface area contributed by atoms with Gasteiger partial charge in [0.1, 0.15) is 4.32 Å². The van der Waals surface area contributed by atoms with Crippen molar-refractivity contribution in [2.24, 2.45) is 7.05 Å². The van der Waals surface area contributed by atoms with Crippen molar-refractivity contribution in [2.45, 2.75) is 26.8 Å². The van der Waals surface area contributed by atoms with Crippen molar-refractivity contribution in [1.82, 2.24) is 14.7 Å². The molecule has 1 saturated heterocycles. The number of thiocarbonyl (C=S) groups is 1. The molecule has 1 amide bonds. The summed E-state index contributed by atoms with van der Waals surface area (Å²) in [6.45, 7) is 5.85. The fourth-order valence-corrected chi connectivity index (χ4v) is 3.34. The highest BCUT2D eigenvalue weighted by Crippen LogP contribution is 2.34. The first-order chi connectivity index (χ1) is 8.40. The monoisotopic (exact) mass is 281 g/mol. The number of carbonyl (C=O) groups excluding carboxylic acids is 1. The lowest BCUT2D eigenvalue weighted by Gasteiger charge is -2.18. The minimum absolute atomic E-state index is 0.0109. The number of thioether (sulfide) groups is 1. The molecule has 1 aliphatic rings. The maximum absolute atomic E-state index is 12.2. The van der Waals surface area contributed by atoms with E-state index in [9.17, 15) is 4.79 Å². The van der Waals surface area contributed by atoms with Crippen LogP contribution in [0, 0.1) is 6.92 Å². The van der Waals surface area contributed by atoms with E-state index in [0.29, 0.717) is 9.23 Å². The summed E-state index contributed by atoms with van der Waals surface area (Å²) in [4.78, 5) is 14.5. The zero-order valence-electron chi connectivity index (χ0n) is 10.8. The van der Waals surface area contributed by atoms with Crippen LogP contribution in [0.2, 0.25) is 0 Å². The summed E-state index contributed by atoms with van der Waals surface area (Å²) >= 11 is 6.59. The number of carbonyl (C=O) groups is 1. The second-order valence-corrected chi connectivity index (χ2v) is 6.16. The Morgan fingerprint density at radius 3 is 2.61 bits per heavy atom. The first-order valence-corrected chi connectivity index (χ1v) is 6.90. The van der Waals surface area contributed by atoms with Gasteiger partial charge in [-0.3, -0.25) is 14.4 Å². The fraction of sp³-hybridized carbons (Fsp3) is 0.417. The van der Waals surface area contributed by atoms with Crippen molar-refractivity contribution >= 4 is 40.3 Å². The Morgan fingerprint density at radius 2 is 2.17 bits per heavy atom. The molecular formula is C12H15N3OS2. The van der Waals surface area contributed by atoms with E-state index in [-0.39, 0.29) is 11.9 Å². The van der Waals surface area contributed by atoms with E-state index in [0.717, 1.165) is 11.3 Å². The molecule has 0 atom stereocenters. The Labute approximate surface area is 116 Å². The third-order valence-electron chi connectivity index (χ3n) is 2.68. The summed E-state index contributed by atoms with van der Waals surface area (Å²) in [5.41, 5.74) is 1.87. The highest BCUT2D eigenvalue weighted by Gasteiger charge is 2.33. The Hall–Kier alpha value is -1.14. The van der Waals surface area contributed by atoms with Gasteiger partial charge >= 0.3 is 0 Å². The van der Waals surface area contributed by atoms with Crippen LogP contribution >= 0.6 is 24.0 Å². The van der Waals surface area contributed by atoms with E-state index >= 15 is 0 Å². The molecule has 0 N–H and O–H groups in total. The Kier molecular flexibility index (Phi) is 3.59. The van der Waals surface area contributed by atoms with Crippen LogP contribution in [-0.2, 0) is 11.8 Å². The van der Waals surface area contributed by atoms with Crippen molar-refractivity contribution in [3.05, 3.63) is 22.4 Å². The molecular weight excluding hydrogens is 266 g/mol. The molecule has 1 aromatic heterocycles. The third kappa shape index (κ3) is 2.35. The van der Waals surface area contributed by atoms with Crippen molar-refractivity contribution in [1.29, 1.82) is 0 Å². The van der Waals surface area contributed by atoms with E-state index in [1.165, 1.54) is 11.8 Å². The average molecular weight is 281 g/mol. The van der Waals surface area contributed by atoms with Crippen molar-refractivity contribution in [3.8, 4) is 0 Å². The van der Waals surface area contributed by atoms with Crippen LogP contribution in [0.25, 0.3) is 6.08 Å². The molecule has 2 rings (SSSR count). The average Bonchev–Trinajstić information content (AvgIpc) is 2.69. The van der Waals surface area contributed by atoms with Gasteiger partial charge in [0.2, 0.25) is 0 Å². The van der Waals surface area contributed by atoms with Gasteiger partial charge in [-0.1, -0.05) is 24.0 Å². The lowest BCUT2D eigenvalue weighted by Crippen LogP contribution is -2.34. The van der Waals surface area contributed by atoms with Crippen LogP contribution in [0.15, 0.2) is 11.1 Å². The molecule has 0 bridgehead atoms. The molecule has 0 saturated carbocycles. The van der Waals surface area contributed by atoms with Gasteiger partial charge in [0.15, 0.2) is 0 Å². The molecule has 4 nitrogen and oxygen atoms in total. The van der Waals surface area contributed by atoms with Crippen LogP contribution in [0.1, 0.15) is 25.1 Å². The van der Waals surface area contributed by atoms with Gasteiger partial charge in [0, 0.05) is 24.8 Å². The minimum atomic E-state index is -0.0109. The fourth-order valence-electron chi connectivity index (χ4n) is 1.83. The van der Waals surface area contributed by atoms with Gasteiger partial charge in [0.05, 0.1) is 10.6 Å². The zero-order chi connectivity index (χ0) is 13.4. The zero-order valence-corrected chi connectivity index (χ0v) is 12.4. The predicted octanol–water partition coefficient (Wildman–Crippen LogP) is 2.34. The number of rotatable bonds is 2. The molecule has 0 aliphatic carbocycles. The second kappa shape index (κ2) is 4.85. The van der Waals surface area contributed by atoms with Gasteiger partial charge < -0.3 is 0 Å². The molecule has 6 heteroatoms. The van der Waals surface area contributed by atoms with E-state index in [1.54, 1.807) is 9.58 Å². The number of nitrogens with zero attached hydrogens (tertiary/aromatic N) is 3. The lowest BCUT2D eigenvalue weighted by molar-refractivity contribution is -0.123. The molecule has 96 valence electrons. The molecule has 18 heavy (non-hydrogen) atoms. The SMILES string of the molecule is Cc1nn(C)cc1/C=C1/SC(=S)N(C(C)C)C1=O. The van der Waals surface area contributed by atoms with E-state index in [4.69, 9.17) is 12.2 Å². The Balaban J connectivity index is 2.33. The molecule has 2 heterocycles. The Morgan fingerprint density at radius 1 is 1.50 bits per heavy atom. The van der Waals surface area contributed by atoms with Gasteiger partial charge in [0.25, 0.3) is 5.91 Å². The maximum Gasteiger partial charge on any atom is 0.266 e. The van der Waals surface area contributed by atoms with Gasteiger partial charge in [-0.05, 0) is 26.8 Å². The van der Waals surface area contributed by atoms with Gasteiger partial charge in [-0.25, -0.2) is 0 Å². The highest BCUT2D eigenvalue weighted by molar-refractivity contribution is 8.26. The molecule has 1 aromatic rings. The lowest BCUT2D eigenvalue weighted by atomic mass is 10.2. The van der Waals surface area contributed by atoms with Crippen molar-refractivity contribution in [3.63, 3.8) is 0 Å².